The molecule has 0 aliphatic carbocycles. The Morgan fingerprint density at radius 2 is 0.763 bits per heavy atom. The van der Waals surface area contributed by atoms with Gasteiger partial charge in [0.15, 0.2) is 5.78 Å². The molecule has 2 aliphatic rings. The number of nitrogens with zero attached hydrogens (tertiary/aromatic N) is 2. The summed E-state index contributed by atoms with van der Waals surface area (Å²) in [4.78, 5) is 46.1. The molecule has 4 aromatic rings. The van der Waals surface area contributed by atoms with Gasteiger partial charge < -0.3 is 9.80 Å². The third-order valence-electron chi connectivity index (χ3n) is 7.98. The van der Waals surface area contributed by atoms with Crippen LogP contribution in [0.2, 0.25) is 0 Å². The topological polar surface area (TPSA) is 57.7 Å². The maximum atomic E-state index is 14.8. The molecule has 0 spiro atoms. The van der Waals surface area contributed by atoms with Crippen LogP contribution in [0.4, 0.5) is 0 Å². The van der Waals surface area contributed by atoms with Gasteiger partial charge in [0.25, 0.3) is 11.8 Å². The van der Waals surface area contributed by atoms with Gasteiger partial charge in [-0.1, -0.05) is 97.1 Å². The van der Waals surface area contributed by atoms with Gasteiger partial charge in [-0.2, -0.15) is 0 Å². The Kier molecular flexibility index (Phi) is 5.91. The normalized spacial score (nSPS) is 22.7. The molecular formula is C33H28N2O3. The molecule has 2 fully saturated rings. The predicted octanol–water partition coefficient (Wildman–Crippen LogP) is 4.74. The first-order chi connectivity index (χ1) is 18.5. The number of hydrogen-bond acceptors (Lipinski definition) is 3. The monoisotopic (exact) mass is 500 g/mol. The Bertz CT molecular complexity index is 1350. The standard InChI is InChI=1S/C33H28N2O3/c36-29(25-13-5-1-6-14-25)34-21-32(27-17-9-3-10-18-27)23-35(30(37)26-15-7-2-8-16-26)24-33(22-34,31(32)38)28-19-11-4-12-20-28/h1-20H,21-24H2. The van der Waals surface area contributed by atoms with E-state index in [9.17, 15) is 14.4 Å². The quantitative estimate of drug-likeness (QED) is 0.407. The van der Waals surface area contributed by atoms with Gasteiger partial charge in [0.1, 0.15) is 0 Å². The molecular weight excluding hydrogens is 472 g/mol. The number of amides is 2. The van der Waals surface area contributed by atoms with E-state index in [2.05, 4.69) is 0 Å². The third-order valence-corrected chi connectivity index (χ3v) is 7.98. The highest BCUT2D eigenvalue weighted by molar-refractivity contribution is 6.06. The van der Waals surface area contributed by atoms with Crippen molar-refractivity contribution >= 4 is 17.6 Å². The van der Waals surface area contributed by atoms with E-state index in [4.69, 9.17) is 0 Å². The van der Waals surface area contributed by atoms with Gasteiger partial charge in [-0.3, -0.25) is 14.4 Å². The Hall–Kier alpha value is -4.51. The van der Waals surface area contributed by atoms with Crippen molar-refractivity contribution in [3.05, 3.63) is 144 Å². The number of fused-ring (bicyclic) bond motifs is 2. The van der Waals surface area contributed by atoms with Crippen LogP contribution in [0.15, 0.2) is 121 Å². The summed E-state index contributed by atoms with van der Waals surface area (Å²) in [6, 6.07) is 37.7. The fourth-order valence-corrected chi connectivity index (χ4v) is 6.22. The summed E-state index contributed by atoms with van der Waals surface area (Å²) in [5.74, 6) is -0.153. The summed E-state index contributed by atoms with van der Waals surface area (Å²) < 4.78 is 0. The lowest BCUT2D eigenvalue weighted by Crippen LogP contribution is -2.74. The first-order valence-corrected chi connectivity index (χ1v) is 12.9. The van der Waals surface area contributed by atoms with Crippen molar-refractivity contribution in [3.8, 4) is 0 Å². The second-order valence-electron chi connectivity index (χ2n) is 10.3. The van der Waals surface area contributed by atoms with E-state index in [0.717, 1.165) is 11.1 Å². The van der Waals surface area contributed by atoms with E-state index in [0.29, 0.717) is 11.1 Å². The summed E-state index contributed by atoms with van der Waals surface area (Å²) in [6.45, 7) is 0.820. The molecule has 0 radical (unpaired) electrons. The molecule has 0 saturated carbocycles. The molecule has 0 N–H and O–H groups in total. The molecule has 188 valence electrons. The average molecular weight is 501 g/mol. The van der Waals surface area contributed by atoms with E-state index >= 15 is 0 Å². The van der Waals surface area contributed by atoms with Crippen LogP contribution in [-0.2, 0) is 15.6 Å². The summed E-state index contributed by atoms with van der Waals surface area (Å²) in [5.41, 5.74) is 0.681. The fourth-order valence-electron chi connectivity index (χ4n) is 6.22. The lowest BCUT2D eigenvalue weighted by atomic mass is 9.57. The molecule has 38 heavy (non-hydrogen) atoms. The number of Topliss-reactive ketones (excluding diaryl/α,β-unsaturated/α-hetero) is 1. The van der Waals surface area contributed by atoms with Crippen molar-refractivity contribution in [2.75, 3.05) is 26.2 Å². The predicted molar refractivity (Wildman–Crippen MR) is 146 cm³/mol. The third kappa shape index (κ3) is 3.82. The maximum absolute atomic E-state index is 14.8. The van der Waals surface area contributed by atoms with Crippen LogP contribution in [0.1, 0.15) is 31.8 Å². The Morgan fingerprint density at radius 3 is 1.08 bits per heavy atom. The molecule has 6 rings (SSSR count). The lowest BCUT2D eigenvalue weighted by Gasteiger charge is -2.57. The number of carbonyl (C=O) groups excluding carboxylic acids is 3. The molecule has 0 unspecified atom stereocenters. The molecule has 2 heterocycles. The number of rotatable bonds is 4. The Morgan fingerprint density at radius 1 is 0.474 bits per heavy atom. The molecule has 4 aromatic carbocycles. The van der Waals surface area contributed by atoms with Gasteiger partial charge in [0.05, 0.1) is 10.8 Å². The highest BCUT2D eigenvalue weighted by Gasteiger charge is 2.62. The fraction of sp³-hybridized carbons (Fsp3) is 0.182. The zero-order valence-corrected chi connectivity index (χ0v) is 21.0. The number of ketones is 1. The highest BCUT2D eigenvalue weighted by atomic mass is 16.2. The van der Waals surface area contributed by atoms with Crippen molar-refractivity contribution < 1.29 is 14.4 Å². The molecule has 2 aliphatic heterocycles. The second-order valence-corrected chi connectivity index (χ2v) is 10.3. The minimum Gasteiger partial charge on any atom is -0.336 e. The van der Waals surface area contributed by atoms with E-state index < -0.39 is 10.8 Å². The minimum atomic E-state index is -1.07. The molecule has 2 saturated heterocycles. The van der Waals surface area contributed by atoms with Crippen molar-refractivity contribution in [2.45, 2.75) is 10.8 Å². The largest absolute Gasteiger partial charge is 0.336 e. The smallest absolute Gasteiger partial charge is 0.253 e. The zero-order valence-electron chi connectivity index (χ0n) is 21.0. The van der Waals surface area contributed by atoms with Crippen LogP contribution in [0.3, 0.4) is 0 Å². The van der Waals surface area contributed by atoms with Crippen molar-refractivity contribution in [2.24, 2.45) is 0 Å². The van der Waals surface area contributed by atoms with Crippen LogP contribution in [0.5, 0.6) is 0 Å². The molecule has 5 heteroatoms. The first-order valence-electron chi connectivity index (χ1n) is 12.9. The SMILES string of the molecule is O=C(c1ccccc1)N1CC2(c3ccccc3)CN(C(=O)c3ccccc3)CC(c3ccccc3)(C1)C2=O. The van der Waals surface area contributed by atoms with Crippen LogP contribution < -0.4 is 0 Å². The van der Waals surface area contributed by atoms with Crippen molar-refractivity contribution in [3.63, 3.8) is 0 Å². The summed E-state index contributed by atoms with van der Waals surface area (Å²) >= 11 is 0. The molecule has 0 aromatic heterocycles. The van der Waals surface area contributed by atoms with E-state index in [1.165, 1.54) is 0 Å². The molecule has 2 bridgehead atoms. The summed E-state index contributed by atoms with van der Waals surface area (Å²) in [5, 5.41) is 0. The molecule has 2 amide bonds. The Labute approximate surface area is 222 Å². The van der Waals surface area contributed by atoms with Gasteiger partial charge in [0, 0.05) is 37.3 Å². The summed E-state index contributed by atoms with van der Waals surface area (Å²) in [6.07, 6.45) is 0. The van der Waals surface area contributed by atoms with Gasteiger partial charge in [0.2, 0.25) is 0 Å². The highest BCUT2D eigenvalue weighted by Crippen LogP contribution is 2.47. The number of piperidine rings is 2. The van der Waals surface area contributed by atoms with E-state index in [1.807, 2.05) is 131 Å². The number of likely N-dealkylation sites (tertiary alicyclic amines) is 2. The van der Waals surface area contributed by atoms with Crippen LogP contribution in [0, 0.1) is 0 Å². The molecule has 5 nitrogen and oxygen atoms in total. The van der Waals surface area contributed by atoms with Crippen molar-refractivity contribution in [1.82, 2.24) is 9.80 Å². The zero-order chi connectivity index (χ0) is 26.2. The van der Waals surface area contributed by atoms with Crippen LogP contribution >= 0.6 is 0 Å². The van der Waals surface area contributed by atoms with Crippen LogP contribution in [0.25, 0.3) is 0 Å². The van der Waals surface area contributed by atoms with E-state index in [-0.39, 0.29) is 43.8 Å². The molecule has 0 atom stereocenters. The second kappa shape index (κ2) is 9.42. The van der Waals surface area contributed by atoms with Crippen LogP contribution in [-0.4, -0.2) is 53.6 Å². The van der Waals surface area contributed by atoms with E-state index in [1.54, 1.807) is 0 Å². The van der Waals surface area contributed by atoms with Gasteiger partial charge in [-0.15, -0.1) is 0 Å². The minimum absolute atomic E-state index is 0.0663. The van der Waals surface area contributed by atoms with Gasteiger partial charge in [-0.05, 0) is 35.4 Å². The average Bonchev–Trinajstić information content (AvgIpc) is 2.98. The lowest BCUT2D eigenvalue weighted by molar-refractivity contribution is -0.141. The summed E-state index contributed by atoms with van der Waals surface area (Å²) in [7, 11) is 0. The maximum Gasteiger partial charge on any atom is 0.253 e. The van der Waals surface area contributed by atoms with Gasteiger partial charge in [-0.25, -0.2) is 0 Å². The van der Waals surface area contributed by atoms with Crippen molar-refractivity contribution in [1.29, 1.82) is 0 Å². The number of benzene rings is 4. The number of hydrogen-bond donors (Lipinski definition) is 0. The first kappa shape index (κ1) is 23.9. The van der Waals surface area contributed by atoms with Gasteiger partial charge >= 0.3 is 0 Å². The number of carbonyl (C=O) groups is 3. The Balaban J connectivity index is 1.54.